The first-order valence-electron chi connectivity index (χ1n) is 7.06. The van der Waals surface area contributed by atoms with Crippen molar-refractivity contribution in [1.29, 1.82) is 0 Å². The molecule has 0 heterocycles. The van der Waals surface area contributed by atoms with Crippen molar-refractivity contribution in [3.05, 3.63) is 0 Å². The number of Topliss-reactive ketones (excluding diaryl/α,β-unsaturated/α-hetero) is 1. The zero-order chi connectivity index (χ0) is 13.8. The van der Waals surface area contributed by atoms with E-state index in [2.05, 4.69) is 4.90 Å². The molecule has 0 saturated heterocycles. The normalized spacial score (nSPS) is 12.9. The van der Waals surface area contributed by atoms with E-state index in [-0.39, 0.29) is 5.92 Å². The summed E-state index contributed by atoms with van der Waals surface area (Å²) in [5.41, 5.74) is 0. The Morgan fingerprint density at radius 3 is 1.94 bits per heavy atom. The molecule has 0 amide bonds. The van der Waals surface area contributed by atoms with Gasteiger partial charge in [-0.25, -0.2) is 0 Å². The van der Waals surface area contributed by atoms with E-state index in [0.29, 0.717) is 25.5 Å². The van der Waals surface area contributed by atoms with E-state index < -0.39 is 0 Å². The van der Waals surface area contributed by atoms with Crippen molar-refractivity contribution < 1.29 is 14.3 Å². The van der Waals surface area contributed by atoms with Gasteiger partial charge in [-0.15, -0.1) is 0 Å². The van der Waals surface area contributed by atoms with Gasteiger partial charge in [0.2, 0.25) is 0 Å². The van der Waals surface area contributed by atoms with Crippen LogP contribution < -0.4 is 0 Å². The van der Waals surface area contributed by atoms with Gasteiger partial charge < -0.3 is 9.47 Å². The smallest absolute Gasteiger partial charge is 0.149 e. The summed E-state index contributed by atoms with van der Waals surface area (Å²) in [6.07, 6.45) is 0.906. The minimum atomic E-state index is 0.145. The predicted molar refractivity (Wildman–Crippen MR) is 73.9 cm³/mol. The summed E-state index contributed by atoms with van der Waals surface area (Å²) in [7, 11) is 0. The van der Waals surface area contributed by atoms with Gasteiger partial charge in [0.1, 0.15) is 5.78 Å². The van der Waals surface area contributed by atoms with Gasteiger partial charge in [0.15, 0.2) is 0 Å². The van der Waals surface area contributed by atoms with Crippen LogP contribution in [0.3, 0.4) is 0 Å². The highest BCUT2D eigenvalue weighted by atomic mass is 16.5. The Labute approximate surface area is 112 Å². The second kappa shape index (κ2) is 11.6. The number of ether oxygens (including phenoxy) is 2. The van der Waals surface area contributed by atoms with E-state index in [9.17, 15) is 4.79 Å². The van der Waals surface area contributed by atoms with Crippen LogP contribution in [0.1, 0.15) is 34.1 Å². The lowest BCUT2D eigenvalue weighted by Crippen LogP contribution is -2.37. The van der Waals surface area contributed by atoms with Gasteiger partial charge in [-0.3, -0.25) is 9.69 Å². The summed E-state index contributed by atoms with van der Waals surface area (Å²) in [5.74, 6) is 0.456. The van der Waals surface area contributed by atoms with Crippen LogP contribution >= 0.6 is 0 Å². The summed E-state index contributed by atoms with van der Waals surface area (Å²) in [5, 5.41) is 0. The minimum Gasteiger partial charge on any atom is -0.380 e. The van der Waals surface area contributed by atoms with Gasteiger partial charge in [0.25, 0.3) is 0 Å². The van der Waals surface area contributed by atoms with Crippen molar-refractivity contribution in [1.82, 2.24) is 4.90 Å². The lowest BCUT2D eigenvalue weighted by atomic mass is 10.0. The number of carbonyl (C=O) groups is 1. The molecule has 0 saturated carbocycles. The highest BCUT2D eigenvalue weighted by Gasteiger charge is 2.15. The number of nitrogens with zero attached hydrogens (tertiary/aromatic N) is 1. The van der Waals surface area contributed by atoms with Gasteiger partial charge in [0, 0.05) is 32.2 Å². The number of carbonyl (C=O) groups excluding carboxylic acids is 1. The summed E-state index contributed by atoms with van der Waals surface area (Å²) in [4.78, 5) is 14.1. The molecule has 1 atom stereocenters. The molecule has 0 aliphatic heterocycles. The first-order chi connectivity index (χ1) is 8.65. The van der Waals surface area contributed by atoms with Crippen LogP contribution in [0.2, 0.25) is 0 Å². The topological polar surface area (TPSA) is 38.8 Å². The third-order valence-electron chi connectivity index (χ3n) is 3.05. The van der Waals surface area contributed by atoms with Gasteiger partial charge in [-0.2, -0.15) is 0 Å². The zero-order valence-corrected chi connectivity index (χ0v) is 12.4. The molecule has 0 aliphatic rings. The standard InChI is InChI=1S/C14H29NO3/c1-5-13(4)14(16)12-15(8-10-17-6-2)9-11-18-7-3/h13H,5-12H2,1-4H3. The Hall–Kier alpha value is -0.450. The van der Waals surface area contributed by atoms with Crippen LogP contribution in [-0.2, 0) is 14.3 Å². The van der Waals surface area contributed by atoms with Crippen LogP contribution in [0.15, 0.2) is 0 Å². The molecule has 18 heavy (non-hydrogen) atoms. The second-order valence-electron chi connectivity index (χ2n) is 4.45. The van der Waals surface area contributed by atoms with E-state index in [1.54, 1.807) is 0 Å². The SMILES string of the molecule is CCOCCN(CCOCC)CC(=O)C(C)CC. The molecule has 4 heteroatoms. The number of hydrogen-bond acceptors (Lipinski definition) is 4. The third-order valence-corrected chi connectivity index (χ3v) is 3.05. The highest BCUT2D eigenvalue weighted by Crippen LogP contribution is 2.04. The molecule has 108 valence electrons. The molecule has 0 aromatic carbocycles. The predicted octanol–water partition coefficient (Wildman–Crippen LogP) is 1.98. The minimum absolute atomic E-state index is 0.145. The lowest BCUT2D eigenvalue weighted by Gasteiger charge is -2.22. The molecule has 0 aromatic heterocycles. The summed E-state index contributed by atoms with van der Waals surface area (Å²) >= 11 is 0. The maximum atomic E-state index is 11.9. The lowest BCUT2D eigenvalue weighted by molar-refractivity contribution is -0.123. The van der Waals surface area contributed by atoms with Crippen molar-refractivity contribution in [3.8, 4) is 0 Å². The summed E-state index contributed by atoms with van der Waals surface area (Å²) in [6, 6.07) is 0. The fourth-order valence-corrected chi connectivity index (χ4v) is 1.55. The van der Waals surface area contributed by atoms with Crippen LogP contribution in [0.25, 0.3) is 0 Å². The maximum absolute atomic E-state index is 11.9. The van der Waals surface area contributed by atoms with Crippen molar-refractivity contribution in [2.45, 2.75) is 34.1 Å². The molecule has 0 radical (unpaired) electrons. The Balaban J connectivity index is 4.05. The zero-order valence-electron chi connectivity index (χ0n) is 12.4. The Morgan fingerprint density at radius 2 is 1.56 bits per heavy atom. The molecule has 0 rings (SSSR count). The number of hydrogen-bond donors (Lipinski definition) is 0. The van der Waals surface area contributed by atoms with Crippen LogP contribution in [-0.4, -0.2) is 56.7 Å². The Kier molecular flexibility index (Phi) is 11.3. The van der Waals surface area contributed by atoms with Crippen molar-refractivity contribution in [3.63, 3.8) is 0 Å². The van der Waals surface area contributed by atoms with Crippen molar-refractivity contribution in [2.75, 3.05) is 46.1 Å². The average molecular weight is 259 g/mol. The second-order valence-corrected chi connectivity index (χ2v) is 4.45. The molecule has 0 bridgehead atoms. The van der Waals surface area contributed by atoms with Gasteiger partial charge in [-0.05, 0) is 20.3 Å². The monoisotopic (exact) mass is 259 g/mol. The van der Waals surface area contributed by atoms with Gasteiger partial charge in [0.05, 0.1) is 19.8 Å². The van der Waals surface area contributed by atoms with E-state index in [1.807, 2.05) is 27.7 Å². The highest BCUT2D eigenvalue weighted by molar-refractivity contribution is 5.82. The van der Waals surface area contributed by atoms with Gasteiger partial charge >= 0.3 is 0 Å². The number of ketones is 1. The van der Waals surface area contributed by atoms with Crippen LogP contribution in [0.5, 0.6) is 0 Å². The van der Waals surface area contributed by atoms with E-state index in [1.165, 1.54) is 0 Å². The van der Waals surface area contributed by atoms with Crippen molar-refractivity contribution in [2.24, 2.45) is 5.92 Å². The largest absolute Gasteiger partial charge is 0.380 e. The molecular weight excluding hydrogens is 230 g/mol. The van der Waals surface area contributed by atoms with Gasteiger partial charge in [-0.1, -0.05) is 13.8 Å². The number of rotatable bonds is 12. The van der Waals surface area contributed by atoms with Crippen LogP contribution in [0, 0.1) is 5.92 Å². The molecule has 0 aromatic rings. The average Bonchev–Trinajstić information content (AvgIpc) is 2.37. The maximum Gasteiger partial charge on any atom is 0.149 e. The van der Waals surface area contributed by atoms with Crippen molar-refractivity contribution >= 4 is 5.78 Å². The molecule has 0 spiro atoms. The fourth-order valence-electron chi connectivity index (χ4n) is 1.55. The quantitative estimate of drug-likeness (QED) is 0.502. The summed E-state index contributed by atoms with van der Waals surface area (Å²) < 4.78 is 10.7. The molecule has 1 unspecified atom stereocenters. The van der Waals surface area contributed by atoms with Crippen LogP contribution in [0.4, 0.5) is 0 Å². The first kappa shape index (κ1) is 17.6. The molecular formula is C14H29NO3. The Bertz CT molecular complexity index is 199. The first-order valence-corrected chi connectivity index (χ1v) is 7.06. The molecule has 0 aliphatic carbocycles. The molecule has 0 fully saturated rings. The molecule has 4 nitrogen and oxygen atoms in total. The fraction of sp³-hybridized carbons (Fsp3) is 0.929. The Morgan fingerprint density at radius 1 is 1.06 bits per heavy atom. The molecule has 0 N–H and O–H groups in total. The third kappa shape index (κ3) is 8.61. The van der Waals surface area contributed by atoms with E-state index >= 15 is 0 Å². The summed E-state index contributed by atoms with van der Waals surface area (Å²) in [6.45, 7) is 12.9. The van der Waals surface area contributed by atoms with E-state index in [4.69, 9.17) is 9.47 Å². The van der Waals surface area contributed by atoms with E-state index in [0.717, 1.165) is 32.7 Å².